The molecule has 2 aromatic heterocycles. The minimum Gasteiger partial charge on any atom is -0.322 e. The summed E-state index contributed by atoms with van der Waals surface area (Å²) in [6.45, 7) is 0. The Hall–Kier alpha value is -4.05. The molecule has 26 heavy (non-hydrogen) atoms. The predicted molar refractivity (Wildman–Crippen MR) is 95.3 cm³/mol. The van der Waals surface area contributed by atoms with Crippen molar-refractivity contribution < 1.29 is 4.79 Å². The zero-order valence-electron chi connectivity index (χ0n) is 13.5. The van der Waals surface area contributed by atoms with E-state index >= 15 is 0 Å². The summed E-state index contributed by atoms with van der Waals surface area (Å²) in [5, 5.41) is 23.8. The molecular weight excluding hydrogens is 328 g/mol. The summed E-state index contributed by atoms with van der Waals surface area (Å²) >= 11 is 0. The number of carbonyl (C=O) groups excluding carboxylic acids is 1. The van der Waals surface area contributed by atoms with Crippen molar-refractivity contribution in [1.29, 1.82) is 5.26 Å². The fraction of sp³-hybridized carbons (Fsp3) is 0. The number of nitriles is 1. The van der Waals surface area contributed by atoms with Crippen LogP contribution in [0.4, 0.5) is 5.69 Å². The molecule has 4 rings (SSSR count). The molecule has 124 valence electrons. The highest BCUT2D eigenvalue weighted by atomic mass is 16.1. The SMILES string of the molecule is N#Cc1ccc(C(=O)Nc2ccc(-c3ccc4nncn4n3)cc2)cc1. The molecule has 0 saturated heterocycles. The standard InChI is InChI=1S/C19H12N6O/c20-11-13-1-3-15(4-2-13)19(26)22-16-7-5-14(6-8-16)17-9-10-18-23-21-12-25(18)24-17/h1-10,12H,(H,22,26). The van der Waals surface area contributed by atoms with Crippen molar-refractivity contribution in [1.82, 2.24) is 19.8 Å². The van der Waals surface area contributed by atoms with Crippen LogP contribution in [0.1, 0.15) is 15.9 Å². The van der Waals surface area contributed by atoms with E-state index in [2.05, 4.69) is 20.6 Å². The van der Waals surface area contributed by atoms with Gasteiger partial charge in [-0.1, -0.05) is 12.1 Å². The molecule has 4 aromatic rings. The molecule has 1 amide bonds. The van der Waals surface area contributed by atoms with Gasteiger partial charge >= 0.3 is 0 Å². The molecule has 0 bridgehead atoms. The Balaban J connectivity index is 1.51. The molecule has 1 N–H and O–H groups in total. The van der Waals surface area contributed by atoms with Crippen molar-refractivity contribution in [3.63, 3.8) is 0 Å². The second-order valence-electron chi connectivity index (χ2n) is 5.57. The summed E-state index contributed by atoms with van der Waals surface area (Å²) in [6.07, 6.45) is 1.55. The summed E-state index contributed by atoms with van der Waals surface area (Å²) in [4.78, 5) is 12.3. The Bertz CT molecular complexity index is 1120. The first-order chi connectivity index (χ1) is 12.7. The lowest BCUT2D eigenvalue weighted by Crippen LogP contribution is -2.11. The van der Waals surface area contributed by atoms with Crippen LogP contribution in [0.2, 0.25) is 0 Å². The Morgan fingerprint density at radius 2 is 1.77 bits per heavy atom. The van der Waals surface area contributed by atoms with Crippen LogP contribution in [-0.2, 0) is 0 Å². The van der Waals surface area contributed by atoms with Crippen molar-refractivity contribution in [3.8, 4) is 17.3 Å². The van der Waals surface area contributed by atoms with Gasteiger partial charge in [0.25, 0.3) is 5.91 Å². The molecule has 2 aromatic carbocycles. The highest BCUT2D eigenvalue weighted by Gasteiger charge is 2.07. The van der Waals surface area contributed by atoms with Gasteiger partial charge in [-0.2, -0.15) is 14.9 Å². The van der Waals surface area contributed by atoms with Gasteiger partial charge in [0.05, 0.1) is 17.3 Å². The van der Waals surface area contributed by atoms with Crippen LogP contribution in [0.25, 0.3) is 16.9 Å². The van der Waals surface area contributed by atoms with Crippen LogP contribution in [0.15, 0.2) is 67.0 Å². The molecule has 0 spiro atoms. The maximum Gasteiger partial charge on any atom is 0.255 e. The average Bonchev–Trinajstić information content (AvgIpc) is 3.16. The van der Waals surface area contributed by atoms with Crippen molar-refractivity contribution in [2.24, 2.45) is 0 Å². The zero-order chi connectivity index (χ0) is 17.9. The first-order valence-electron chi connectivity index (χ1n) is 7.82. The Morgan fingerprint density at radius 1 is 1.00 bits per heavy atom. The molecule has 0 aliphatic heterocycles. The number of benzene rings is 2. The van der Waals surface area contributed by atoms with E-state index < -0.39 is 0 Å². The number of carbonyl (C=O) groups is 1. The van der Waals surface area contributed by atoms with E-state index in [4.69, 9.17) is 5.26 Å². The molecule has 0 unspecified atom stereocenters. The van der Waals surface area contributed by atoms with Crippen molar-refractivity contribution in [2.45, 2.75) is 0 Å². The van der Waals surface area contributed by atoms with Gasteiger partial charge in [-0.25, -0.2) is 0 Å². The topological polar surface area (TPSA) is 96.0 Å². The van der Waals surface area contributed by atoms with E-state index in [1.54, 1.807) is 35.1 Å². The van der Waals surface area contributed by atoms with Crippen LogP contribution in [0, 0.1) is 11.3 Å². The molecule has 7 heteroatoms. The third-order valence-electron chi connectivity index (χ3n) is 3.88. The number of fused-ring (bicyclic) bond motifs is 1. The third-order valence-corrected chi connectivity index (χ3v) is 3.88. The van der Waals surface area contributed by atoms with Crippen LogP contribution in [-0.4, -0.2) is 25.7 Å². The van der Waals surface area contributed by atoms with Gasteiger partial charge in [0.1, 0.15) is 6.33 Å². The quantitative estimate of drug-likeness (QED) is 0.618. The van der Waals surface area contributed by atoms with Crippen LogP contribution < -0.4 is 5.32 Å². The van der Waals surface area contributed by atoms with Crippen molar-refractivity contribution in [3.05, 3.63) is 78.1 Å². The second kappa shape index (κ2) is 6.45. The maximum absolute atomic E-state index is 12.3. The Kier molecular flexibility index (Phi) is 3.84. The predicted octanol–water partition coefficient (Wildman–Crippen LogP) is 2.92. The molecular formula is C19H12N6O. The van der Waals surface area contributed by atoms with Gasteiger partial charge in [-0.05, 0) is 48.5 Å². The number of nitrogens with one attached hydrogen (secondary N) is 1. The molecule has 0 fully saturated rings. The fourth-order valence-corrected chi connectivity index (χ4v) is 2.51. The summed E-state index contributed by atoms with van der Waals surface area (Å²) in [5.74, 6) is -0.230. The van der Waals surface area contributed by atoms with Gasteiger partial charge in [-0.3, -0.25) is 4.79 Å². The minimum absolute atomic E-state index is 0.230. The van der Waals surface area contributed by atoms with Gasteiger partial charge < -0.3 is 5.32 Å². The normalized spacial score (nSPS) is 10.4. The highest BCUT2D eigenvalue weighted by Crippen LogP contribution is 2.20. The highest BCUT2D eigenvalue weighted by molar-refractivity contribution is 6.04. The summed E-state index contributed by atoms with van der Waals surface area (Å²) in [7, 11) is 0. The van der Waals surface area contributed by atoms with Gasteiger partial charge in [0.2, 0.25) is 0 Å². The Morgan fingerprint density at radius 3 is 2.50 bits per heavy atom. The van der Waals surface area contributed by atoms with Crippen LogP contribution in [0.5, 0.6) is 0 Å². The van der Waals surface area contributed by atoms with E-state index in [9.17, 15) is 4.79 Å². The summed E-state index contributed by atoms with van der Waals surface area (Å²) in [6, 6.07) is 19.6. The number of rotatable bonds is 3. The van der Waals surface area contributed by atoms with Crippen LogP contribution in [0.3, 0.4) is 0 Å². The molecule has 0 atom stereocenters. The molecule has 2 heterocycles. The summed E-state index contributed by atoms with van der Waals surface area (Å²) in [5.41, 5.74) is 4.06. The van der Waals surface area contributed by atoms with E-state index in [1.807, 2.05) is 42.5 Å². The molecule has 7 nitrogen and oxygen atoms in total. The number of aromatic nitrogens is 4. The van der Waals surface area contributed by atoms with Gasteiger partial charge in [-0.15, -0.1) is 10.2 Å². The number of amides is 1. The molecule has 0 radical (unpaired) electrons. The van der Waals surface area contributed by atoms with E-state index in [-0.39, 0.29) is 5.91 Å². The number of hydrogen-bond acceptors (Lipinski definition) is 5. The third kappa shape index (κ3) is 2.99. The zero-order valence-corrected chi connectivity index (χ0v) is 13.5. The Labute approximate surface area is 148 Å². The maximum atomic E-state index is 12.3. The smallest absolute Gasteiger partial charge is 0.255 e. The first kappa shape index (κ1) is 15.5. The summed E-state index contributed by atoms with van der Waals surface area (Å²) < 4.78 is 1.61. The van der Waals surface area contributed by atoms with E-state index in [0.29, 0.717) is 22.5 Å². The van der Waals surface area contributed by atoms with Gasteiger partial charge in [0, 0.05) is 16.8 Å². The lowest BCUT2D eigenvalue weighted by Gasteiger charge is -2.07. The van der Waals surface area contributed by atoms with E-state index in [0.717, 1.165) is 11.3 Å². The lowest BCUT2D eigenvalue weighted by atomic mass is 10.1. The van der Waals surface area contributed by atoms with Gasteiger partial charge in [0.15, 0.2) is 5.65 Å². The molecule has 0 aliphatic rings. The van der Waals surface area contributed by atoms with Crippen molar-refractivity contribution in [2.75, 3.05) is 5.32 Å². The molecule has 0 saturated carbocycles. The lowest BCUT2D eigenvalue weighted by molar-refractivity contribution is 0.102. The monoisotopic (exact) mass is 340 g/mol. The largest absolute Gasteiger partial charge is 0.322 e. The fourth-order valence-electron chi connectivity index (χ4n) is 2.51. The van der Waals surface area contributed by atoms with E-state index in [1.165, 1.54) is 0 Å². The average molecular weight is 340 g/mol. The number of anilines is 1. The minimum atomic E-state index is -0.230. The molecule has 0 aliphatic carbocycles. The second-order valence-corrected chi connectivity index (χ2v) is 5.57. The number of nitrogens with zero attached hydrogens (tertiary/aromatic N) is 5. The number of hydrogen-bond donors (Lipinski definition) is 1. The first-order valence-corrected chi connectivity index (χ1v) is 7.82. The van der Waals surface area contributed by atoms with Crippen molar-refractivity contribution >= 4 is 17.2 Å². The van der Waals surface area contributed by atoms with Crippen LogP contribution >= 0.6 is 0 Å².